The number of halogens is 4. The van der Waals surface area contributed by atoms with Gasteiger partial charge in [0.25, 0.3) is 12.3 Å². The lowest BCUT2D eigenvalue weighted by Gasteiger charge is -2.05. The van der Waals surface area contributed by atoms with Gasteiger partial charge in [0, 0.05) is 3.57 Å². The summed E-state index contributed by atoms with van der Waals surface area (Å²) in [6, 6.07) is 1.19. The standard InChI is InChI=1S/C7H4ClF2IN2O/c8-5-2(7(12)14)1-3(11)4(13-5)6(9)10/h1,6H,(H2,12,14). The number of nitrogens with zero attached hydrogens (tertiary/aromatic N) is 1. The molecule has 3 nitrogen and oxygen atoms in total. The Labute approximate surface area is 96.8 Å². The zero-order valence-electron chi connectivity index (χ0n) is 6.60. The molecule has 1 amide bonds. The van der Waals surface area contributed by atoms with Crippen LogP contribution in [0.3, 0.4) is 0 Å². The number of carbonyl (C=O) groups excluding carboxylic acids is 1. The number of pyridine rings is 1. The van der Waals surface area contributed by atoms with Crippen LogP contribution in [-0.4, -0.2) is 10.9 Å². The molecule has 0 atom stereocenters. The highest BCUT2D eigenvalue weighted by atomic mass is 127. The maximum absolute atomic E-state index is 12.3. The van der Waals surface area contributed by atoms with Crippen LogP contribution in [0.5, 0.6) is 0 Å². The van der Waals surface area contributed by atoms with Gasteiger partial charge in [0.2, 0.25) is 0 Å². The predicted molar refractivity (Wildman–Crippen MR) is 55.4 cm³/mol. The van der Waals surface area contributed by atoms with Gasteiger partial charge in [-0.15, -0.1) is 0 Å². The summed E-state index contributed by atoms with van der Waals surface area (Å²) in [6.45, 7) is 0. The van der Waals surface area contributed by atoms with Crippen molar-refractivity contribution in [1.29, 1.82) is 0 Å². The first-order chi connectivity index (χ1) is 6.43. The first kappa shape index (κ1) is 11.6. The molecule has 76 valence electrons. The monoisotopic (exact) mass is 332 g/mol. The first-order valence-corrected chi connectivity index (χ1v) is 4.83. The Hall–Kier alpha value is -0.500. The fourth-order valence-electron chi connectivity index (χ4n) is 0.805. The van der Waals surface area contributed by atoms with Crippen LogP contribution in [0, 0.1) is 3.57 Å². The van der Waals surface area contributed by atoms with E-state index in [1.165, 1.54) is 6.07 Å². The Kier molecular flexibility index (Phi) is 3.59. The molecule has 0 saturated heterocycles. The molecular weight excluding hydrogens is 328 g/mol. The van der Waals surface area contributed by atoms with Gasteiger partial charge >= 0.3 is 0 Å². The summed E-state index contributed by atoms with van der Waals surface area (Å²) in [4.78, 5) is 14.2. The number of carbonyl (C=O) groups is 1. The molecular formula is C7H4ClF2IN2O. The highest BCUT2D eigenvalue weighted by Gasteiger charge is 2.18. The van der Waals surface area contributed by atoms with Crippen LogP contribution in [0.4, 0.5) is 8.78 Å². The predicted octanol–water partition coefficient (Wildman–Crippen LogP) is 2.38. The summed E-state index contributed by atoms with van der Waals surface area (Å²) >= 11 is 7.13. The average Bonchev–Trinajstić information content (AvgIpc) is 2.07. The Morgan fingerprint density at radius 2 is 2.21 bits per heavy atom. The number of rotatable bonds is 2. The smallest absolute Gasteiger partial charge is 0.281 e. The number of primary amides is 1. The van der Waals surface area contributed by atoms with Crippen LogP contribution in [0.25, 0.3) is 0 Å². The second kappa shape index (κ2) is 4.35. The molecule has 7 heteroatoms. The second-order valence-electron chi connectivity index (χ2n) is 2.36. The minimum atomic E-state index is -2.72. The molecule has 0 bridgehead atoms. The van der Waals surface area contributed by atoms with Gasteiger partial charge in [-0.25, -0.2) is 13.8 Å². The molecule has 0 unspecified atom stereocenters. The third kappa shape index (κ3) is 2.30. The van der Waals surface area contributed by atoms with Crippen LogP contribution in [0.2, 0.25) is 5.15 Å². The maximum atomic E-state index is 12.3. The van der Waals surface area contributed by atoms with Crippen molar-refractivity contribution >= 4 is 40.1 Å². The van der Waals surface area contributed by atoms with Crippen molar-refractivity contribution < 1.29 is 13.6 Å². The zero-order chi connectivity index (χ0) is 10.9. The number of hydrogen-bond donors (Lipinski definition) is 1. The molecule has 1 aromatic rings. The van der Waals surface area contributed by atoms with E-state index in [9.17, 15) is 13.6 Å². The number of aromatic nitrogens is 1. The Balaban J connectivity index is 3.31. The molecule has 2 N–H and O–H groups in total. The molecule has 0 aliphatic rings. The number of amides is 1. The van der Waals surface area contributed by atoms with Crippen LogP contribution in [-0.2, 0) is 0 Å². The third-order valence-corrected chi connectivity index (χ3v) is 2.58. The van der Waals surface area contributed by atoms with Crippen molar-refractivity contribution in [3.8, 4) is 0 Å². The Morgan fingerprint density at radius 1 is 1.64 bits per heavy atom. The molecule has 0 saturated carbocycles. The van der Waals surface area contributed by atoms with Crippen LogP contribution < -0.4 is 5.73 Å². The van der Waals surface area contributed by atoms with E-state index in [0.29, 0.717) is 0 Å². The fourth-order valence-corrected chi connectivity index (χ4v) is 1.71. The first-order valence-electron chi connectivity index (χ1n) is 3.37. The van der Waals surface area contributed by atoms with E-state index >= 15 is 0 Å². The van der Waals surface area contributed by atoms with Crippen molar-refractivity contribution in [1.82, 2.24) is 4.98 Å². The molecule has 0 aromatic carbocycles. The van der Waals surface area contributed by atoms with Crippen molar-refractivity contribution in [3.63, 3.8) is 0 Å². The van der Waals surface area contributed by atoms with E-state index < -0.39 is 18.0 Å². The lowest BCUT2D eigenvalue weighted by atomic mass is 10.2. The molecule has 0 spiro atoms. The summed E-state index contributed by atoms with van der Waals surface area (Å²) in [5, 5.41) is -0.298. The summed E-state index contributed by atoms with van der Waals surface area (Å²) in [6.07, 6.45) is -2.72. The van der Waals surface area contributed by atoms with Crippen LogP contribution >= 0.6 is 34.2 Å². The fraction of sp³-hybridized carbons (Fsp3) is 0.143. The molecule has 0 radical (unpaired) electrons. The second-order valence-corrected chi connectivity index (χ2v) is 3.88. The van der Waals surface area contributed by atoms with Crippen LogP contribution in [0.15, 0.2) is 6.07 Å². The molecule has 1 aromatic heterocycles. The zero-order valence-corrected chi connectivity index (χ0v) is 9.51. The van der Waals surface area contributed by atoms with Crippen molar-refractivity contribution in [2.45, 2.75) is 6.43 Å². The van der Waals surface area contributed by atoms with E-state index in [0.717, 1.165) is 0 Å². The highest BCUT2D eigenvalue weighted by molar-refractivity contribution is 14.1. The van der Waals surface area contributed by atoms with Gasteiger partial charge in [0.05, 0.1) is 5.56 Å². The van der Waals surface area contributed by atoms with Gasteiger partial charge in [0.1, 0.15) is 10.8 Å². The third-order valence-electron chi connectivity index (χ3n) is 1.43. The molecule has 0 aliphatic heterocycles. The summed E-state index contributed by atoms with van der Waals surface area (Å²) in [7, 11) is 0. The Bertz CT molecular complexity index is 386. The van der Waals surface area contributed by atoms with E-state index in [-0.39, 0.29) is 14.3 Å². The summed E-state index contributed by atoms with van der Waals surface area (Å²) in [5.41, 5.74) is 4.46. The molecule has 1 heterocycles. The van der Waals surface area contributed by atoms with E-state index in [1.807, 2.05) is 0 Å². The largest absolute Gasteiger partial charge is 0.366 e. The average molecular weight is 332 g/mol. The minimum absolute atomic E-state index is 0.0551. The van der Waals surface area contributed by atoms with Crippen molar-refractivity contribution in [3.05, 3.63) is 26.0 Å². The van der Waals surface area contributed by atoms with Crippen molar-refractivity contribution in [2.75, 3.05) is 0 Å². The van der Waals surface area contributed by atoms with E-state index in [4.69, 9.17) is 17.3 Å². The number of nitrogens with two attached hydrogens (primary N) is 1. The van der Waals surface area contributed by atoms with Gasteiger partial charge in [-0.05, 0) is 28.7 Å². The SMILES string of the molecule is NC(=O)c1cc(I)c(C(F)F)nc1Cl. The minimum Gasteiger partial charge on any atom is -0.366 e. The van der Waals surface area contributed by atoms with Crippen molar-refractivity contribution in [2.24, 2.45) is 5.73 Å². The molecule has 0 aliphatic carbocycles. The molecule has 14 heavy (non-hydrogen) atoms. The van der Waals surface area contributed by atoms with E-state index in [2.05, 4.69) is 4.98 Å². The van der Waals surface area contributed by atoms with Gasteiger partial charge in [-0.3, -0.25) is 4.79 Å². The number of alkyl halides is 2. The summed E-state index contributed by atoms with van der Waals surface area (Å²) in [5.74, 6) is -0.791. The summed E-state index contributed by atoms with van der Waals surface area (Å²) < 4.78 is 24.8. The number of hydrogen-bond acceptors (Lipinski definition) is 2. The van der Waals surface area contributed by atoms with Gasteiger partial charge in [-0.1, -0.05) is 11.6 Å². The van der Waals surface area contributed by atoms with Gasteiger partial charge in [-0.2, -0.15) is 0 Å². The molecule has 1 rings (SSSR count). The molecule has 0 fully saturated rings. The topological polar surface area (TPSA) is 56.0 Å². The van der Waals surface area contributed by atoms with Gasteiger partial charge < -0.3 is 5.73 Å². The van der Waals surface area contributed by atoms with Crippen LogP contribution in [0.1, 0.15) is 22.5 Å². The van der Waals surface area contributed by atoms with Gasteiger partial charge in [0.15, 0.2) is 0 Å². The lowest BCUT2D eigenvalue weighted by molar-refractivity contribution is 0.0999. The normalized spacial score (nSPS) is 10.6. The Morgan fingerprint density at radius 3 is 2.64 bits per heavy atom. The quantitative estimate of drug-likeness (QED) is 0.668. The van der Waals surface area contributed by atoms with E-state index in [1.54, 1.807) is 22.6 Å². The lowest BCUT2D eigenvalue weighted by Crippen LogP contribution is -2.13. The maximum Gasteiger partial charge on any atom is 0.281 e. The highest BCUT2D eigenvalue weighted by Crippen LogP contribution is 2.26.